The first-order chi connectivity index (χ1) is 7.35. The predicted octanol–water partition coefficient (Wildman–Crippen LogP) is 4.14. The zero-order chi connectivity index (χ0) is 12.3. The molecule has 0 spiro atoms. The Kier molecular flexibility index (Phi) is 4.25. The van der Waals surface area contributed by atoms with Crippen molar-refractivity contribution in [3.05, 3.63) is 34.1 Å². The lowest BCUT2D eigenvalue weighted by molar-refractivity contribution is -0.126. The molecule has 0 aliphatic heterocycles. The van der Waals surface area contributed by atoms with Crippen LogP contribution in [-0.2, 0) is 11.2 Å². The van der Waals surface area contributed by atoms with Crippen molar-refractivity contribution in [3.63, 3.8) is 0 Å². The smallest absolute Gasteiger partial charge is 0.142 e. The highest BCUT2D eigenvalue weighted by molar-refractivity contribution is 9.10. The summed E-state index contributed by atoms with van der Waals surface area (Å²) in [4.78, 5) is 12.0. The first-order valence-electron chi connectivity index (χ1n) is 5.33. The van der Waals surface area contributed by atoms with Crippen LogP contribution in [0.3, 0.4) is 0 Å². The molecule has 0 heterocycles. The van der Waals surface area contributed by atoms with Crippen LogP contribution in [0.5, 0.6) is 0 Å². The maximum absolute atomic E-state index is 13.1. The maximum Gasteiger partial charge on any atom is 0.142 e. The number of carbonyl (C=O) groups excluding carboxylic acids is 1. The van der Waals surface area contributed by atoms with E-state index >= 15 is 0 Å². The molecule has 0 unspecified atom stereocenters. The van der Waals surface area contributed by atoms with Gasteiger partial charge in [-0.05, 0) is 30.2 Å². The average molecular weight is 287 g/mol. The van der Waals surface area contributed by atoms with Gasteiger partial charge in [-0.15, -0.1) is 0 Å². The Balaban J connectivity index is 2.85. The topological polar surface area (TPSA) is 17.1 Å². The van der Waals surface area contributed by atoms with Gasteiger partial charge in [-0.1, -0.05) is 36.7 Å². The molecular weight excluding hydrogens is 271 g/mol. The number of Topliss-reactive ketones (excluding diaryl/α,β-unsaturated/α-hetero) is 1. The van der Waals surface area contributed by atoms with Crippen molar-refractivity contribution in [2.75, 3.05) is 0 Å². The van der Waals surface area contributed by atoms with Crippen molar-refractivity contribution in [2.45, 2.75) is 33.6 Å². The molecule has 1 rings (SSSR count). The molecule has 88 valence electrons. The van der Waals surface area contributed by atoms with Crippen molar-refractivity contribution >= 4 is 21.7 Å². The van der Waals surface area contributed by atoms with Gasteiger partial charge in [0.05, 0.1) is 0 Å². The normalized spacial score (nSPS) is 11.6. The van der Waals surface area contributed by atoms with Crippen LogP contribution < -0.4 is 0 Å². The molecular formula is C13H16BrFO. The summed E-state index contributed by atoms with van der Waals surface area (Å²) in [6.45, 7) is 5.83. The van der Waals surface area contributed by atoms with E-state index < -0.39 is 0 Å². The van der Waals surface area contributed by atoms with Gasteiger partial charge in [0.1, 0.15) is 11.6 Å². The van der Waals surface area contributed by atoms with Crippen LogP contribution in [0.15, 0.2) is 22.7 Å². The summed E-state index contributed by atoms with van der Waals surface area (Å²) in [7, 11) is 0. The molecule has 0 N–H and O–H groups in total. The van der Waals surface area contributed by atoms with Gasteiger partial charge < -0.3 is 0 Å². The fourth-order valence-electron chi connectivity index (χ4n) is 1.33. The Hall–Kier alpha value is -0.700. The number of halogens is 2. The summed E-state index contributed by atoms with van der Waals surface area (Å²) in [5.74, 6) is -0.168. The first kappa shape index (κ1) is 13.4. The molecule has 0 aliphatic rings. The second-order valence-corrected chi connectivity index (χ2v) is 5.53. The monoisotopic (exact) mass is 286 g/mol. The Morgan fingerprint density at radius 2 is 2.00 bits per heavy atom. The molecule has 0 radical (unpaired) electrons. The summed E-state index contributed by atoms with van der Waals surface area (Å²) < 4.78 is 13.8. The maximum atomic E-state index is 13.1. The number of hydrogen-bond acceptors (Lipinski definition) is 1. The Bertz CT molecular complexity index is 379. The number of carbonyl (C=O) groups is 1. The van der Waals surface area contributed by atoms with E-state index in [1.54, 1.807) is 6.07 Å². The quantitative estimate of drug-likeness (QED) is 0.813. The van der Waals surface area contributed by atoms with Gasteiger partial charge >= 0.3 is 0 Å². The fraction of sp³-hybridized carbons (Fsp3) is 0.462. The highest BCUT2D eigenvalue weighted by Gasteiger charge is 2.25. The van der Waals surface area contributed by atoms with E-state index in [4.69, 9.17) is 0 Å². The third-order valence-electron chi connectivity index (χ3n) is 2.93. The van der Waals surface area contributed by atoms with Crippen LogP contribution in [0.25, 0.3) is 0 Å². The van der Waals surface area contributed by atoms with E-state index in [1.165, 1.54) is 12.1 Å². The molecule has 0 bridgehead atoms. The summed E-state index contributed by atoms with van der Waals surface area (Å²) in [5, 5.41) is 0. The van der Waals surface area contributed by atoms with Crippen LogP contribution in [-0.4, -0.2) is 5.78 Å². The Labute approximate surface area is 104 Å². The Morgan fingerprint density at radius 1 is 1.38 bits per heavy atom. The average Bonchev–Trinajstić information content (AvgIpc) is 2.15. The molecule has 1 aromatic carbocycles. The van der Waals surface area contributed by atoms with Crippen molar-refractivity contribution in [1.82, 2.24) is 0 Å². The second kappa shape index (κ2) is 5.09. The van der Waals surface area contributed by atoms with Gasteiger partial charge in [0, 0.05) is 16.3 Å². The molecule has 16 heavy (non-hydrogen) atoms. The third kappa shape index (κ3) is 3.41. The van der Waals surface area contributed by atoms with Crippen LogP contribution in [0.1, 0.15) is 32.8 Å². The van der Waals surface area contributed by atoms with Crippen LogP contribution >= 0.6 is 15.9 Å². The lowest BCUT2D eigenvalue weighted by Gasteiger charge is -2.20. The first-order valence-corrected chi connectivity index (χ1v) is 6.12. The van der Waals surface area contributed by atoms with E-state index in [9.17, 15) is 9.18 Å². The minimum absolute atomic E-state index is 0.146. The number of rotatable bonds is 4. The molecule has 0 saturated carbocycles. The predicted molar refractivity (Wildman–Crippen MR) is 66.9 cm³/mol. The zero-order valence-corrected chi connectivity index (χ0v) is 11.4. The van der Waals surface area contributed by atoms with E-state index in [2.05, 4.69) is 15.9 Å². The highest BCUT2D eigenvalue weighted by Crippen LogP contribution is 2.24. The van der Waals surface area contributed by atoms with E-state index in [1.807, 2.05) is 20.8 Å². The van der Waals surface area contributed by atoms with Crippen LogP contribution in [0.2, 0.25) is 0 Å². The molecule has 0 atom stereocenters. The van der Waals surface area contributed by atoms with Crippen molar-refractivity contribution in [1.29, 1.82) is 0 Å². The van der Waals surface area contributed by atoms with Gasteiger partial charge in [0.25, 0.3) is 0 Å². The van der Waals surface area contributed by atoms with Crippen molar-refractivity contribution in [3.8, 4) is 0 Å². The summed E-state index contributed by atoms with van der Waals surface area (Å²) >= 11 is 3.22. The SMILES string of the molecule is CCC(C)(C)C(=O)Cc1cc(F)cc(Br)c1. The standard InChI is InChI=1S/C13H16BrFO/c1-4-13(2,3)12(16)7-9-5-10(14)8-11(15)6-9/h5-6,8H,4,7H2,1-3H3. The number of hydrogen-bond donors (Lipinski definition) is 0. The molecule has 0 amide bonds. The summed E-state index contributed by atoms with van der Waals surface area (Å²) in [5.41, 5.74) is 0.386. The van der Waals surface area contributed by atoms with E-state index in [0.29, 0.717) is 4.47 Å². The number of benzene rings is 1. The highest BCUT2D eigenvalue weighted by atomic mass is 79.9. The van der Waals surface area contributed by atoms with Gasteiger partial charge in [-0.2, -0.15) is 0 Å². The van der Waals surface area contributed by atoms with Crippen molar-refractivity contribution < 1.29 is 9.18 Å². The van der Waals surface area contributed by atoms with E-state index in [-0.39, 0.29) is 23.4 Å². The van der Waals surface area contributed by atoms with Gasteiger partial charge in [0.15, 0.2) is 0 Å². The summed E-state index contributed by atoms with van der Waals surface area (Å²) in [6, 6.07) is 4.58. The van der Waals surface area contributed by atoms with Gasteiger partial charge in [-0.3, -0.25) is 4.79 Å². The van der Waals surface area contributed by atoms with Gasteiger partial charge in [0.2, 0.25) is 0 Å². The van der Waals surface area contributed by atoms with E-state index in [0.717, 1.165) is 12.0 Å². The lowest BCUT2D eigenvalue weighted by Crippen LogP contribution is -2.25. The van der Waals surface area contributed by atoms with Crippen molar-refractivity contribution in [2.24, 2.45) is 5.41 Å². The molecule has 0 aromatic heterocycles. The fourth-order valence-corrected chi connectivity index (χ4v) is 1.85. The number of ketones is 1. The molecule has 0 fully saturated rings. The van der Waals surface area contributed by atoms with Gasteiger partial charge in [-0.25, -0.2) is 4.39 Å². The Morgan fingerprint density at radius 3 is 2.50 bits per heavy atom. The third-order valence-corrected chi connectivity index (χ3v) is 3.38. The van der Waals surface area contributed by atoms with Crippen LogP contribution in [0.4, 0.5) is 4.39 Å². The minimum atomic E-state index is -0.335. The largest absolute Gasteiger partial charge is 0.299 e. The molecule has 1 aromatic rings. The molecule has 3 heteroatoms. The molecule has 0 aliphatic carbocycles. The molecule has 0 saturated heterocycles. The summed E-state index contributed by atoms with van der Waals surface area (Å²) in [6.07, 6.45) is 1.08. The van der Waals surface area contributed by atoms with Crippen LogP contribution in [0, 0.1) is 11.2 Å². The lowest BCUT2D eigenvalue weighted by atomic mass is 9.82. The second-order valence-electron chi connectivity index (χ2n) is 4.62. The zero-order valence-electron chi connectivity index (χ0n) is 9.81. The minimum Gasteiger partial charge on any atom is -0.299 e. The molecule has 1 nitrogen and oxygen atoms in total.